The van der Waals surface area contributed by atoms with Crippen LogP contribution >= 0.6 is 0 Å². The molecule has 0 radical (unpaired) electrons. The van der Waals surface area contributed by atoms with E-state index in [-0.39, 0.29) is 12.5 Å². The first-order chi connectivity index (χ1) is 15.3. The molecule has 12 heteroatoms. The summed E-state index contributed by atoms with van der Waals surface area (Å²) in [5, 5.41) is 16.9. The number of amides is 5. The Kier molecular flexibility index (Phi) is 5.58. The van der Waals surface area contributed by atoms with Crippen LogP contribution in [0.4, 0.5) is 15.5 Å². The quantitative estimate of drug-likeness (QED) is 0.222. The Hall–Kier alpha value is -4.22. The van der Waals surface area contributed by atoms with Crippen LogP contribution < -0.4 is 31.9 Å². The molecule has 0 unspecified atom stereocenters. The van der Waals surface area contributed by atoms with Gasteiger partial charge in [-0.05, 0) is 30.0 Å². The van der Waals surface area contributed by atoms with E-state index in [0.717, 1.165) is 16.7 Å². The molecule has 5 amide bonds. The van der Waals surface area contributed by atoms with Gasteiger partial charge in [0.2, 0.25) is 5.95 Å². The van der Waals surface area contributed by atoms with E-state index in [4.69, 9.17) is 11.1 Å². The van der Waals surface area contributed by atoms with Crippen molar-refractivity contribution in [3.63, 3.8) is 0 Å². The lowest BCUT2D eigenvalue weighted by Crippen LogP contribution is -2.55. The summed E-state index contributed by atoms with van der Waals surface area (Å²) in [6.45, 7) is 1.37. The van der Waals surface area contributed by atoms with Gasteiger partial charge >= 0.3 is 12.1 Å². The summed E-state index contributed by atoms with van der Waals surface area (Å²) in [6.07, 6.45) is 4.43. The molecule has 1 aromatic carbocycles. The van der Waals surface area contributed by atoms with Gasteiger partial charge in [-0.15, -0.1) is 0 Å². The van der Waals surface area contributed by atoms with Crippen molar-refractivity contribution in [1.29, 1.82) is 5.41 Å². The molecule has 2 aromatic rings. The molecule has 2 fully saturated rings. The fourth-order valence-corrected chi connectivity index (χ4v) is 3.81. The van der Waals surface area contributed by atoms with E-state index < -0.39 is 23.6 Å². The summed E-state index contributed by atoms with van der Waals surface area (Å²) >= 11 is 0. The monoisotopic (exact) mass is 437 g/mol. The Morgan fingerprint density at radius 3 is 2.53 bits per heavy atom. The predicted molar refractivity (Wildman–Crippen MR) is 116 cm³/mol. The SMILES string of the molecule is N=C(N)NC(=O)NCc1cccc(-c2cnc(N3CCC4(CC3)NC(=O)NC4=O)nc2)c1. The molecular weight excluding hydrogens is 414 g/mol. The third-order valence-corrected chi connectivity index (χ3v) is 5.51. The number of imide groups is 1. The van der Waals surface area contributed by atoms with Gasteiger partial charge in [0.25, 0.3) is 5.91 Å². The Morgan fingerprint density at radius 2 is 1.91 bits per heavy atom. The van der Waals surface area contributed by atoms with Crippen molar-refractivity contribution < 1.29 is 14.4 Å². The van der Waals surface area contributed by atoms with Crippen LogP contribution in [-0.2, 0) is 11.3 Å². The number of nitrogens with zero attached hydrogens (tertiary/aromatic N) is 3. The number of nitrogens with one attached hydrogen (secondary N) is 5. The molecule has 1 spiro atoms. The number of carbonyl (C=O) groups excluding carboxylic acids is 3. The van der Waals surface area contributed by atoms with Crippen molar-refractivity contribution >= 4 is 29.9 Å². The van der Waals surface area contributed by atoms with E-state index in [2.05, 4.69) is 31.2 Å². The molecule has 0 bridgehead atoms. The van der Waals surface area contributed by atoms with E-state index in [9.17, 15) is 14.4 Å². The number of aromatic nitrogens is 2. The molecule has 1 aromatic heterocycles. The van der Waals surface area contributed by atoms with Gasteiger partial charge in [0.1, 0.15) is 5.54 Å². The van der Waals surface area contributed by atoms with Crippen molar-refractivity contribution in [2.75, 3.05) is 18.0 Å². The van der Waals surface area contributed by atoms with Crippen molar-refractivity contribution in [2.45, 2.75) is 24.9 Å². The van der Waals surface area contributed by atoms with E-state index in [0.29, 0.717) is 31.9 Å². The van der Waals surface area contributed by atoms with Gasteiger partial charge in [-0.1, -0.05) is 18.2 Å². The molecular formula is C20H23N9O3. The van der Waals surface area contributed by atoms with Gasteiger partial charge in [0, 0.05) is 37.6 Å². The van der Waals surface area contributed by atoms with Crippen LogP contribution in [0.5, 0.6) is 0 Å². The first kappa shape index (κ1) is 21.0. The Balaban J connectivity index is 1.38. The summed E-state index contributed by atoms with van der Waals surface area (Å²) in [5.41, 5.74) is 6.88. The van der Waals surface area contributed by atoms with Gasteiger partial charge in [0.05, 0.1) is 0 Å². The molecule has 4 rings (SSSR count). The normalized spacial score (nSPS) is 16.9. The number of nitrogens with two attached hydrogens (primary N) is 1. The number of guanidine groups is 1. The van der Waals surface area contributed by atoms with Gasteiger partial charge in [-0.3, -0.25) is 20.8 Å². The minimum absolute atomic E-state index is 0.269. The van der Waals surface area contributed by atoms with Gasteiger partial charge < -0.3 is 21.3 Å². The third-order valence-electron chi connectivity index (χ3n) is 5.51. The number of rotatable bonds is 4. The summed E-state index contributed by atoms with van der Waals surface area (Å²) in [7, 11) is 0. The van der Waals surface area contributed by atoms with Crippen LogP contribution in [0.1, 0.15) is 18.4 Å². The molecule has 2 aliphatic heterocycles. The highest BCUT2D eigenvalue weighted by Gasteiger charge is 2.48. The molecule has 2 saturated heterocycles. The van der Waals surface area contributed by atoms with Crippen molar-refractivity contribution in [3.8, 4) is 11.1 Å². The average Bonchev–Trinajstić information content (AvgIpc) is 3.05. The van der Waals surface area contributed by atoms with E-state index in [1.807, 2.05) is 29.2 Å². The molecule has 2 aliphatic rings. The predicted octanol–water partition coefficient (Wildman–Crippen LogP) is 0.0147. The van der Waals surface area contributed by atoms with Crippen LogP contribution in [-0.4, -0.2) is 52.5 Å². The smallest absolute Gasteiger partial charge is 0.322 e. The van der Waals surface area contributed by atoms with Crippen molar-refractivity contribution in [1.82, 2.24) is 31.2 Å². The lowest BCUT2D eigenvalue weighted by atomic mass is 9.88. The second kappa shape index (κ2) is 8.49. The van der Waals surface area contributed by atoms with Crippen LogP contribution in [0.25, 0.3) is 11.1 Å². The zero-order chi connectivity index (χ0) is 22.7. The zero-order valence-electron chi connectivity index (χ0n) is 17.1. The van der Waals surface area contributed by atoms with Gasteiger partial charge in [-0.2, -0.15) is 0 Å². The maximum atomic E-state index is 12.1. The molecule has 32 heavy (non-hydrogen) atoms. The fourth-order valence-electron chi connectivity index (χ4n) is 3.81. The zero-order valence-corrected chi connectivity index (χ0v) is 17.1. The third kappa shape index (κ3) is 4.43. The number of hydrogen-bond donors (Lipinski definition) is 6. The number of benzene rings is 1. The topological polar surface area (TPSA) is 178 Å². The van der Waals surface area contributed by atoms with Gasteiger partial charge in [-0.25, -0.2) is 19.6 Å². The number of urea groups is 2. The highest BCUT2D eigenvalue weighted by Crippen LogP contribution is 2.28. The Bertz CT molecular complexity index is 1060. The summed E-state index contributed by atoms with van der Waals surface area (Å²) in [6, 6.07) is 6.58. The molecule has 0 saturated carbocycles. The van der Waals surface area contributed by atoms with Crippen molar-refractivity contribution in [3.05, 3.63) is 42.2 Å². The fraction of sp³-hybridized carbons (Fsp3) is 0.300. The molecule has 166 valence electrons. The molecule has 0 atom stereocenters. The minimum Gasteiger partial charge on any atom is -0.370 e. The second-order valence-corrected chi connectivity index (χ2v) is 7.67. The van der Waals surface area contributed by atoms with E-state index >= 15 is 0 Å². The number of piperidine rings is 1. The van der Waals surface area contributed by atoms with Crippen LogP contribution in [0.2, 0.25) is 0 Å². The highest BCUT2D eigenvalue weighted by molar-refractivity contribution is 6.07. The number of hydrogen-bond acceptors (Lipinski definition) is 7. The first-order valence-corrected chi connectivity index (χ1v) is 10.0. The lowest BCUT2D eigenvalue weighted by Gasteiger charge is -2.36. The molecule has 7 N–H and O–H groups in total. The summed E-state index contributed by atoms with van der Waals surface area (Å²) < 4.78 is 0. The maximum absolute atomic E-state index is 12.1. The van der Waals surface area contributed by atoms with Crippen LogP contribution in [0, 0.1) is 5.41 Å². The average molecular weight is 437 g/mol. The maximum Gasteiger partial charge on any atom is 0.322 e. The minimum atomic E-state index is -0.830. The second-order valence-electron chi connectivity index (χ2n) is 7.67. The van der Waals surface area contributed by atoms with E-state index in [1.165, 1.54) is 0 Å². The summed E-state index contributed by atoms with van der Waals surface area (Å²) in [5.74, 6) is -0.132. The van der Waals surface area contributed by atoms with Crippen LogP contribution in [0.3, 0.4) is 0 Å². The number of anilines is 1. The van der Waals surface area contributed by atoms with Crippen molar-refractivity contribution in [2.24, 2.45) is 5.73 Å². The number of carbonyl (C=O) groups is 3. The molecule has 0 aliphatic carbocycles. The van der Waals surface area contributed by atoms with Gasteiger partial charge in [0.15, 0.2) is 5.96 Å². The standard InChI is InChI=1S/C20H23N9O3/c21-16(22)27-18(31)25-9-12-2-1-3-13(8-12)14-10-23-17(24-11-14)29-6-4-20(5-7-29)15(30)26-19(32)28-20/h1-3,8,10-11H,4-7,9H2,(H2,26,28,30,32)(H5,21,22,25,27,31). The lowest BCUT2D eigenvalue weighted by molar-refractivity contribution is -0.124. The summed E-state index contributed by atoms with van der Waals surface area (Å²) in [4.78, 5) is 46.1. The van der Waals surface area contributed by atoms with Crippen LogP contribution in [0.15, 0.2) is 36.7 Å². The Morgan fingerprint density at radius 1 is 1.19 bits per heavy atom. The highest BCUT2D eigenvalue weighted by atomic mass is 16.2. The molecule has 3 heterocycles. The van der Waals surface area contributed by atoms with E-state index in [1.54, 1.807) is 12.4 Å². The largest absolute Gasteiger partial charge is 0.370 e. The molecule has 12 nitrogen and oxygen atoms in total. The first-order valence-electron chi connectivity index (χ1n) is 10.0. The Labute approximate surface area is 183 Å².